The van der Waals surface area contributed by atoms with Gasteiger partial charge in [0, 0.05) is 24.2 Å². The highest BCUT2D eigenvalue weighted by Crippen LogP contribution is 2.18. The van der Waals surface area contributed by atoms with Gasteiger partial charge in [-0.3, -0.25) is 0 Å². The molecule has 1 unspecified atom stereocenters. The minimum Gasteiger partial charge on any atom is -0.493 e. The van der Waals surface area contributed by atoms with Crippen molar-refractivity contribution in [1.29, 1.82) is 0 Å². The Labute approximate surface area is 129 Å². The molecule has 0 aliphatic carbocycles. The number of carboxylic acids is 1. The molecule has 1 N–H and O–H groups in total. The van der Waals surface area contributed by atoms with Gasteiger partial charge in [0.15, 0.2) is 0 Å². The summed E-state index contributed by atoms with van der Waals surface area (Å²) in [5.74, 6) is 1.85. The molecule has 0 spiro atoms. The van der Waals surface area contributed by atoms with Crippen LogP contribution >= 0.6 is 11.8 Å². The van der Waals surface area contributed by atoms with E-state index in [2.05, 4.69) is 0 Å². The van der Waals surface area contributed by atoms with Crippen molar-refractivity contribution in [2.24, 2.45) is 0 Å². The van der Waals surface area contributed by atoms with Gasteiger partial charge in [0.05, 0.1) is 12.7 Å². The van der Waals surface area contributed by atoms with Crippen molar-refractivity contribution in [3.63, 3.8) is 0 Å². The fourth-order valence-corrected chi connectivity index (χ4v) is 2.95. The van der Waals surface area contributed by atoms with E-state index < -0.39 is 5.97 Å². The van der Waals surface area contributed by atoms with E-state index in [1.165, 1.54) is 12.8 Å². The summed E-state index contributed by atoms with van der Waals surface area (Å²) < 4.78 is 11.2. The molecule has 1 fully saturated rings. The number of ether oxygens (including phenoxy) is 2. The van der Waals surface area contributed by atoms with E-state index in [-0.39, 0.29) is 0 Å². The molecular weight excluding hydrogens is 288 g/mol. The van der Waals surface area contributed by atoms with E-state index in [0.29, 0.717) is 12.7 Å². The Hall–Kier alpha value is -1.46. The third-order valence-electron chi connectivity index (χ3n) is 3.12. The second-order valence-corrected chi connectivity index (χ2v) is 5.95. The van der Waals surface area contributed by atoms with E-state index in [4.69, 9.17) is 14.6 Å². The fourth-order valence-electron chi connectivity index (χ4n) is 2.05. The van der Waals surface area contributed by atoms with Crippen molar-refractivity contribution in [2.75, 3.05) is 24.7 Å². The summed E-state index contributed by atoms with van der Waals surface area (Å²) in [6.07, 6.45) is 5.47. The molecule has 114 valence electrons. The standard InChI is InChI=1S/C16H20O4S/c17-16(18)8-5-13-3-6-14(7-4-13)20-10-11-21-12-15-2-1-9-19-15/h3-8,15H,1-2,9-12H2,(H,17,18)/b8-5+. The lowest BCUT2D eigenvalue weighted by molar-refractivity contribution is -0.131. The minimum absolute atomic E-state index is 0.426. The second kappa shape index (κ2) is 8.74. The number of carboxylic acid groups (broad SMARTS) is 1. The van der Waals surface area contributed by atoms with Crippen molar-refractivity contribution in [1.82, 2.24) is 0 Å². The molecule has 1 aromatic carbocycles. The Balaban J connectivity index is 1.62. The molecule has 4 nitrogen and oxygen atoms in total. The summed E-state index contributed by atoms with van der Waals surface area (Å²) in [7, 11) is 0. The van der Waals surface area contributed by atoms with Gasteiger partial charge in [0.25, 0.3) is 0 Å². The van der Waals surface area contributed by atoms with Crippen LogP contribution in [0.4, 0.5) is 0 Å². The third kappa shape index (κ3) is 6.23. The summed E-state index contributed by atoms with van der Waals surface area (Å²) in [6.45, 7) is 1.58. The first-order valence-corrected chi connectivity index (χ1v) is 8.23. The van der Waals surface area contributed by atoms with Gasteiger partial charge in [-0.1, -0.05) is 12.1 Å². The maximum atomic E-state index is 10.4. The van der Waals surface area contributed by atoms with Gasteiger partial charge in [0.1, 0.15) is 5.75 Å². The van der Waals surface area contributed by atoms with Crippen LogP contribution in [-0.4, -0.2) is 41.9 Å². The van der Waals surface area contributed by atoms with Crippen LogP contribution in [-0.2, 0) is 9.53 Å². The van der Waals surface area contributed by atoms with Crippen molar-refractivity contribution < 1.29 is 19.4 Å². The second-order valence-electron chi connectivity index (χ2n) is 4.80. The van der Waals surface area contributed by atoms with E-state index in [9.17, 15) is 4.79 Å². The number of hydrogen-bond acceptors (Lipinski definition) is 4. The predicted octanol–water partition coefficient (Wildman–Crippen LogP) is 3.08. The molecule has 1 atom stereocenters. The van der Waals surface area contributed by atoms with E-state index in [1.807, 2.05) is 36.0 Å². The molecule has 1 aliphatic heterocycles. The lowest BCUT2D eigenvalue weighted by Gasteiger charge is -2.09. The highest BCUT2D eigenvalue weighted by atomic mass is 32.2. The highest BCUT2D eigenvalue weighted by Gasteiger charge is 2.14. The molecule has 5 heteroatoms. The number of carbonyl (C=O) groups is 1. The molecule has 0 amide bonds. The predicted molar refractivity (Wildman–Crippen MR) is 84.9 cm³/mol. The van der Waals surface area contributed by atoms with Crippen LogP contribution in [0, 0.1) is 0 Å². The summed E-state index contributed by atoms with van der Waals surface area (Å²) >= 11 is 1.86. The first kappa shape index (κ1) is 15.9. The first-order chi connectivity index (χ1) is 10.2. The Bertz CT molecular complexity index is 464. The van der Waals surface area contributed by atoms with Crippen molar-refractivity contribution in [3.05, 3.63) is 35.9 Å². The van der Waals surface area contributed by atoms with Crippen LogP contribution in [0.1, 0.15) is 18.4 Å². The zero-order valence-electron chi connectivity index (χ0n) is 11.9. The van der Waals surface area contributed by atoms with Crippen molar-refractivity contribution in [3.8, 4) is 5.75 Å². The smallest absolute Gasteiger partial charge is 0.328 e. The molecule has 1 aromatic rings. The number of benzene rings is 1. The van der Waals surface area contributed by atoms with E-state index >= 15 is 0 Å². The Morgan fingerprint density at radius 2 is 2.24 bits per heavy atom. The summed E-state index contributed by atoms with van der Waals surface area (Å²) in [5.41, 5.74) is 0.845. The highest BCUT2D eigenvalue weighted by molar-refractivity contribution is 7.99. The average molecular weight is 308 g/mol. The number of aliphatic carboxylic acids is 1. The SMILES string of the molecule is O=C(O)/C=C/c1ccc(OCCSCC2CCCO2)cc1. The monoisotopic (exact) mass is 308 g/mol. The minimum atomic E-state index is -0.946. The van der Waals surface area contributed by atoms with Gasteiger partial charge in [0.2, 0.25) is 0 Å². The third-order valence-corrected chi connectivity index (χ3v) is 4.19. The zero-order chi connectivity index (χ0) is 14.9. The van der Waals surface area contributed by atoms with Crippen molar-refractivity contribution in [2.45, 2.75) is 18.9 Å². The van der Waals surface area contributed by atoms with Gasteiger partial charge in [-0.05, 0) is 36.6 Å². The zero-order valence-corrected chi connectivity index (χ0v) is 12.7. The lowest BCUT2D eigenvalue weighted by atomic mass is 10.2. The topological polar surface area (TPSA) is 55.8 Å². The number of thioether (sulfide) groups is 1. The molecule has 1 aliphatic rings. The molecule has 0 bridgehead atoms. The summed E-state index contributed by atoms with van der Waals surface area (Å²) in [4.78, 5) is 10.4. The van der Waals surface area contributed by atoms with Crippen LogP contribution in [0.3, 0.4) is 0 Å². The quantitative estimate of drug-likeness (QED) is 0.591. The Morgan fingerprint density at radius 1 is 1.43 bits per heavy atom. The Morgan fingerprint density at radius 3 is 2.90 bits per heavy atom. The summed E-state index contributed by atoms with van der Waals surface area (Å²) in [6, 6.07) is 7.39. The number of rotatable bonds is 8. The summed E-state index contributed by atoms with van der Waals surface area (Å²) in [5, 5.41) is 8.55. The molecule has 0 aromatic heterocycles. The fraction of sp³-hybridized carbons (Fsp3) is 0.438. The van der Waals surface area contributed by atoms with Crippen LogP contribution < -0.4 is 4.74 Å². The van der Waals surface area contributed by atoms with Crippen molar-refractivity contribution >= 4 is 23.8 Å². The maximum Gasteiger partial charge on any atom is 0.328 e. The van der Waals surface area contributed by atoms with E-state index in [1.54, 1.807) is 6.08 Å². The molecule has 2 rings (SSSR count). The molecule has 21 heavy (non-hydrogen) atoms. The van der Waals surface area contributed by atoms with Crippen LogP contribution in [0.5, 0.6) is 5.75 Å². The molecular formula is C16H20O4S. The normalized spacial score (nSPS) is 18.2. The van der Waals surface area contributed by atoms with Crippen LogP contribution in [0.2, 0.25) is 0 Å². The maximum absolute atomic E-state index is 10.4. The number of hydrogen-bond donors (Lipinski definition) is 1. The first-order valence-electron chi connectivity index (χ1n) is 7.07. The molecule has 0 radical (unpaired) electrons. The van der Waals surface area contributed by atoms with Gasteiger partial charge >= 0.3 is 5.97 Å². The molecule has 1 heterocycles. The Kier molecular flexibility index (Phi) is 6.63. The van der Waals surface area contributed by atoms with Gasteiger partial charge in [-0.25, -0.2) is 4.79 Å². The lowest BCUT2D eigenvalue weighted by Crippen LogP contribution is -2.10. The van der Waals surface area contributed by atoms with Gasteiger partial charge < -0.3 is 14.6 Å². The van der Waals surface area contributed by atoms with E-state index in [0.717, 1.165) is 35.5 Å². The van der Waals surface area contributed by atoms with Gasteiger partial charge in [-0.2, -0.15) is 11.8 Å². The van der Waals surface area contributed by atoms with Gasteiger partial charge in [-0.15, -0.1) is 0 Å². The van der Waals surface area contributed by atoms with Crippen LogP contribution in [0.15, 0.2) is 30.3 Å². The average Bonchev–Trinajstić information content (AvgIpc) is 2.99. The van der Waals surface area contributed by atoms with Crippen LogP contribution in [0.25, 0.3) is 6.08 Å². The molecule has 1 saturated heterocycles. The largest absolute Gasteiger partial charge is 0.493 e. The molecule has 0 saturated carbocycles.